The highest BCUT2D eigenvalue weighted by Gasteiger charge is 2.32. The molecule has 0 amide bonds. The summed E-state index contributed by atoms with van der Waals surface area (Å²) in [5.41, 5.74) is 0.0856. The van der Waals surface area contributed by atoms with Crippen molar-refractivity contribution in [3.63, 3.8) is 0 Å². The van der Waals surface area contributed by atoms with E-state index in [4.69, 9.17) is 0 Å². The molecule has 0 aliphatic heterocycles. The Bertz CT molecular complexity index is 344. The molecule has 0 spiro atoms. The first kappa shape index (κ1) is 18.9. The molecule has 0 aliphatic carbocycles. The Morgan fingerprint density at radius 1 is 0.947 bits per heavy atom. The fraction of sp³-hybridized carbons (Fsp3) is 1.00. The summed E-state index contributed by atoms with van der Waals surface area (Å²) in [5.74, 6) is 0.292. The van der Waals surface area contributed by atoms with Gasteiger partial charge in [0, 0.05) is 6.54 Å². The lowest BCUT2D eigenvalue weighted by molar-refractivity contribution is 0.267. The molecule has 19 heavy (non-hydrogen) atoms. The van der Waals surface area contributed by atoms with Crippen LogP contribution >= 0.6 is 0 Å². The Morgan fingerprint density at radius 3 is 1.95 bits per heavy atom. The maximum Gasteiger partial charge on any atom is 0.155 e. The second kappa shape index (κ2) is 7.63. The Kier molecular flexibility index (Phi) is 7.59. The zero-order chi connectivity index (χ0) is 15.2. The van der Waals surface area contributed by atoms with Gasteiger partial charge < -0.3 is 5.32 Å². The number of nitrogens with one attached hydrogen (secondary N) is 1. The van der Waals surface area contributed by atoms with Crippen molar-refractivity contribution in [2.75, 3.05) is 18.8 Å². The summed E-state index contributed by atoms with van der Waals surface area (Å²) in [6.07, 6.45) is 4.03. The summed E-state index contributed by atoms with van der Waals surface area (Å²) in [6.45, 7) is 13.8. The van der Waals surface area contributed by atoms with Crippen molar-refractivity contribution in [3.05, 3.63) is 0 Å². The van der Waals surface area contributed by atoms with Gasteiger partial charge in [-0.3, -0.25) is 0 Å². The van der Waals surface area contributed by atoms with E-state index in [-0.39, 0.29) is 5.41 Å². The molecule has 3 nitrogen and oxygen atoms in total. The average Bonchev–Trinajstić information content (AvgIpc) is 2.26. The minimum Gasteiger partial charge on any atom is -0.316 e. The SMILES string of the molecule is CCCNCC(C)(CCC)CCS(=O)(=O)C(C)(C)C. The van der Waals surface area contributed by atoms with Crippen molar-refractivity contribution in [2.45, 2.75) is 72.0 Å². The minimum atomic E-state index is -3.01. The van der Waals surface area contributed by atoms with E-state index >= 15 is 0 Å². The standard InChI is InChI=1S/C15H33NO2S/c1-7-9-15(6,13-16-11-8-2)10-12-19(17,18)14(3,4)5/h16H,7-13H2,1-6H3. The van der Waals surface area contributed by atoms with E-state index in [0.717, 1.165) is 38.8 Å². The van der Waals surface area contributed by atoms with E-state index in [1.807, 2.05) is 0 Å². The van der Waals surface area contributed by atoms with Crippen LogP contribution in [0.15, 0.2) is 0 Å². The third kappa shape index (κ3) is 6.75. The molecule has 1 atom stereocenters. The first-order chi connectivity index (χ1) is 8.58. The zero-order valence-corrected chi connectivity index (χ0v) is 14.5. The van der Waals surface area contributed by atoms with Gasteiger partial charge in [0.15, 0.2) is 9.84 Å². The van der Waals surface area contributed by atoms with Gasteiger partial charge in [-0.05, 0) is 52.0 Å². The lowest BCUT2D eigenvalue weighted by Crippen LogP contribution is -2.37. The summed E-state index contributed by atoms with van der Waals surface area (Å²) in [4.78, 5) is 0. The van der Waals surface area contributed by atoms with Gasteiger partial charge in [-0.1, -0.05) is 27.2 Å². The van der Waals surface area contributed by atoms with E-state index in [1.165, 1.54) is 0 Å². The van der Waals surface area contributed by atoms with Crippen LogP contribution in [-0.4, -0.2) is 32.0 Å². The van der Waals surface area contributed by atoms with Crippen LogP contribution in [-0.2, 0) is 9.84 Å². The molecular formula is C15H33NO2S. The van der Waals surface area contributed by atoms with E-state index < -0.39 is 14.6 Å². The van der Waals surface area contributed by atoms with E-state index in [0.29, 0.717) is 5.75 Å². The van der Waals surface area contributed by atoms with Crippen LogP contribution in [0.2, 0.25) is 0 Å². The molecule has 0 rings (SSSR count). The molecular weight excluding hydrogens is 258 g/mol. The lowest BCUT2D eigenvalue weighted by Gasteiger charge is -2.31. The van der Waals surface area contributed by atoms with Crippen molar-refractivity contribution >= 4 is 9.84 Å². The highest BCUT2D eigenvalue weighted by molar-refractivity contribution is 7.92. The van der Waals surface area contributed by atoms with Crippen LogP contribution in [0.4, 0.5) is 0 Å². The van der Waals surface area contributed by atoms with Crippen LogP contribution in [0, 0.1) is 5.41 Å². The molecule has 1 N–H and O–H groups in total. The topological polar surface area (TPSA) is 46.2 Å². The fourth-order valence-electron chi connectivity index (χ4n) is 2.16. The Labute approximate surface area is 120 Å². The lowest BCUT2D eigenvalue weighted by atomic mass is 9.83. The van der Waals surface area contributed by atoms with Crippen molar-refractivity contribution in [2.24, 2.45) is 5.41 Å². The highest BCUT2D eigenvalue weighted by atomic mass is 32.2. The van der Waals surface area contributed by atoms with Gasteiger partial charge >= 0.3 is 0 Å². The molecule has 0 aliphatic rings. The van der Waals surface area contributed by atoms with Crippen LogP contribution in [0.3, 0.4) is 0 Å². The van der Waals surface area contributed by atoms with Gasteiger partial charge in [0.25, 0.3) is 0 Å². The normalized spacial score (nSPS) is 16.3. The largest absolute Gasteiger partial charge is 0.316 e. The molecule has 0 radical (unpaired) electrons. The van der Waals surface area contributed by atoms with Gasteiger partial charge in [-0.25, -0.2) is 8.42 Å². The molecule has 1 unspecified atom stereocenters. The predicted molar refractivity (Wildman–Crippen MR) is 84.3 cm³/mol. The van der Waals surface area contributed by atoms with Crippen LogP contribution in [0.1, 0.15) is 67.2 Å². The van der Waals surface area contributed by atoms with E-state index in [9.17, 15) is 8.42 Å². The molecule has 0 bridgehead atoms. The molecule has 116 valence electrons. The number of rotatable bonds is 9. The first-order valence-electron chi connectivity index (χ1n) is 7.51. The van der Waals surface area contributed by atoms with Crippen molar-refractivity contribution in [1.82, 2.24) is 5.32 Å². The van der Waals surface area contributed by atoms with Gasteiger partial charge in [0.1, 0.15) is 0 Å². The van der Waals surface area contributed by atoms with Gasteiger partial charge in [0.2, 0.25) is 0 Å². The van der Waals surface area contributed by atoms with Crippen LogP contribution in [0.5, 0.6) is 0 Å². The predicted octanol–water partition coefficient (Wildman–Crippen LogP) is 3.40. The van der Waals surface area contributed by atoms with Crippen LogP contribution in [0.25, 0.3) is 0 Å². The molecule has 4 heteroatoms. The Balaban J connectivity index is 4.59. The van der Waals surface area contributed by atoms with E-state index in [1.54, 1.807) is 20.8 Å². The first-order valence-corrected chi connectivity index (χ1v) is 9.16. The highest BCUT2D eigenvalue weighted by Crippen LogP contribution is 2.29. The summed E-state index contributed by atoms with van der Waals surface area (Å²) in [7, 11) is -3.01. The smallest absolute Gasteiger partial charge is 0.155 e. The molecule has 0 aromatic heterocycles. The van der Waals surface area contributed by atoms with Crippen molar-refractivity contribution in [3.8, 4) is 0 Å². The third-order valence-corrected chi connectivity index (χ3v) is 6.35. The number of hydrogen-bond donors (Lipinski definition) is 1. The maximum absolute atomic E-state index is 12.2. The molecule has 0 heterocycles. The molecule has 0 saturated carbocycles. The summed E-state index contributed by atoms with van der Waals surface area (Å²) in [5, 5.41) is 3.44. The summed E-state index contributed by atoms with van der Waals surface area (Å²) >= 11 is 0. The Hall–Kier alpha value is -0.0900. The quantitative estimate of drug-likeness (QED) is 0.662. The molecule has 0 saturated heterocycles. The van der Waals surface area contributed by atoms with Gasteiger partial charge in [-0.2, -0.15) is 0 Å². The summed E-state index contributed by atoms with van der Waals surface area (Å²) in [6, 6.07) is 0. The molecule has 0 fully saturated rings. The number of sulfone groups is 1. The summed E-state index contributed by atoms with van der Waals surface area (Å²) < 4.78 is 23.8. The fourth-order valence-corrected chi connectivity index (χ4v) is 3.53. The molecule has 0 aromatic carbocycles. The number of hydrogen-bond acceptors (Lipinski definition) is 3. The van der Waals surface area contributed by atoms with Crippen molar-refractivity contribution in [1.29, 1.82) is 0 Å². The minimum absolute atomic E-state index is 0.0856. The Morgan fingerprint density at radius 2 is 1.53 bits per heavy atom. The maximum atomic E-state index is 12.2. The molecule has 0 aromatic rings. The van der Waals surface area contributed by atoms with E-state index in [2.05, 4.69) is 26.1 Å². The zero-order valence-electron chi connectivity index (χ0n) is 13.7. The average molecular weight is 292 g/mol. The van der Waals surface area contributed by atoms with Gasteiger partial charge in [0.05, 0.1) is 10.5 Å². The van der Waals surface area contributed by atoms with Crippen LogP contribution < -0.4 is 5.32 Å². The second-order valence-corrected chi connectivity index (χ2v) is 9.78. The second-order valence-electron chi connectivity index (χ2n) is 6.92. The van der Waals surface area contributed by atoms with Crippen molar-refractivity contribution < 1.29 is 8.42 Å². The third-order valence-electron chi connectivity index (χ3n) is 3.74. The monoisotopic (exact) mass is 291 g/mol. The van der Waals surface area contributed by atoms with Gasteiger partial charge in [-0.15, -0.1) is 0 Å².